The molecule has 2 saturated carbocycles. The van der Waals surface area contributed by atoms with E-state index >= 15 is 0 Å². The van der Waals surface area contributed by atoms with Gasteiger partial charge in [-0.2, -0.15) is 10.2 Å². The number of H-pyrrole nitrogens is 1. The minimum Gasteiger partial charge on any atom is -0.391 e. The van der Waals surface area contributed by atoms with Gasteiger partial charge in [0.25, 0.3) is 11.5 Å². The molecule has 172 valence electrons. The van der Waals surface area contributed by atoms with Crippen molar-refractivity contribution in [1.29, 1.82) is 0 Å². The van der Waals surface area contributed by atoms with Gasteiger partial charge in [-0.05, 0) is 57.1 Å². The quantitative estimate of drug-likeness (QED) is 0.634. The van der Waals surface area contributed by atoms with Crippen LogP contribution in [0.2, 0.25) is 0 Å². The van der Waals surface area contributed by atoms with Crippen molar-refractivity contribution in [2.75, 3.05) is 18.0 Å². The Kier molecular flexibility index (Phi) is 5.99. The van der Waals surface area contributed by atoms with E-state index in [0.717, 1.165) is 69.4 Å². The van der Waals surface area contributed by atoms with E-state index in [1.165, 1.54) is 4.68 Å². The first-order valence-corrected chi connectivity index (χ1v) is 12.0. The maximum atomic E-state index is 12.6. The number of hydrogen-bond donors (Lipinski definition) is 3. The van der Waals surface area contributed by atoms with Crippen molar-refractivity contribution in [2.45, 2.75) is 81.9 Å². The Morgan fingerprint density at radius 2 is 1.94 bits per heavy atom. The molecule has 1 aliphatic heterocycles. The SMILES string of the molecule is O=C(NCC1CCCCN1c1ccc(=O)n(C2CCCCC2O)n1)c1cc(C2CC2)[nH]n1. The highest BCUT2D eigenvalue weighted by molar-refractivity contribution is 5.92. The summed E-state index contributed by atoms with van der Waals surface area (Å²) in [5.41, 5.74) is 1.31. The number of piperidine rings is 1. The first-order valence-electron chi connectivity index (χ1n) is 12.0. The molecule has 3 aliphatic rings. The van der Waals surface area contributed by atoms with Gasteiger partial charge in [0.15, 0.2) is 0 Å². The molecule has 3 fully saturated rings. The highest BCUT2D eigenvalue weighted by Crippen LogP contribution is 2.39. The molecule has 9 heteroatoms. The minimum atomic E-state index is -0.532. The van der Waals surface area contributed by atoms with Gasteiger partial charge in [-0.3, -0.25) is 14.7 Å². The Balaban J connectivity index is 1.29. The number of aromatic nitrogens is 4. The molecule has 3 unspecified atom stereocenters. The third-order valence-corrected chi connectivity index (χ3v) is 7.09. The molecule has 0 aromatic carbocycles. The molecule has 1 amide bonds. The predicted octanol–water partition coefficient (Wildman–Crippen LogP) is 2.11. The standard InChI is InChI=1S/C23H32N6O3/c30-20-7-2-1-6-19(20)29-22(31)11-10-21(27-29)28-12-4-3-5-16(28)14-24-23(32)18-13-17(25-26-18)15-8-9-15/h10-11,13,15-16,19-20,30H,1-9,12,14H2,(H,24,32)(H,25,26). The van der Waals surface area contributed by atoms with Crippen LogP contribution in [0.1, 0.15) is 85.9 Å². The van der Waals surface area contributed by atoms with Crippen LogP contribution >= 0.6 is 0 Å². The maximum absolute atomic E-state index is 12.6. The van der Waals surface area contributed by atoms with E-state index in [1.807, 2.05) is 6.07 Å². The van der Waals surface area contributed by atoms with Crippen LogP contribution in [-0.2, 0) is 0 Å². The van der Waals surface area contributed by atoms with Crippen LogP contribution < -0.4 is 15.8 Å². The number of aliphatic hydroxyl groups is 1. The van der Waals surface area contributed by atoms with Crippen LogP contribution in [0.5, 0.6) is 0 Å². The summed E-state index contributed by atoms with van der Waals surface area (Å²) in [6.45, 7) is 1.32. The fourth-order valence-corrected chi connectivity index (χ4v) is 5.05. The topological polar surface area (TPSA) is 116 Å². The van der Waals surface area contributed by atoms with E-state index in [9.17, 15) is 14.7 Å². The fourth-order valence-electron chi connectivity index (χ4n) is 5.05. The second-order valence-electron chi connectivity index (χ2n) is 9.43. The normalized spacial score (nSPS) is 26.2. The van der Waals surface area contributed by atoms with Gasteiger partial charge in [0.05, 0.1) is 12.1 Å². The molecule has 3 heterocycles. The molecule has 9 nitrogen and oxygen atoms in total. The third-order valence-electron chi connectivity index (χ3n) is 7.09. The van der Waals surface area contributed by atoms with E-state index in [2.05, 4.69) is 25.5 Å². The second kappa shape index (κ2) is 9.05. The number of carbonyl (C=O) groups is 1. The fraction of sp³-hybridized carbons (Fsp3) is 0.652. The van der Waals surface area contributed by atoms with E-state index < -0.39 is 6.10 Å². The summed E-state index contributed by atoms with van der Waals surface area (Å²) in [6.07, 6.45) is 8.32. The monoisotopic (exact) mass is 440 g/mol. The number of nitrogens with zero attached hydrogens (tertiary/aromatic N) is 4. The molecular formula is C23H32N6O3. The van der Waals surface area contributed by atoms with Crippen LogP contribution in [0.3, 0.4) is 0 Å². The summed E-state index contributed by atoms with van der Waals surface area (Å²) in [5, 5.41) is 25.3. The van der Waals surface area contributed by atoms with Crippen molar-refractivity contribution in [2.24, 2.45) is 0 Å². The zero-order valence-corrected chi connectivity index (χ0v) is 18.4. The summed E-state index contributed by atoms with van der Waals surface area (Å²) in [4.78, 5) is 27.3. The molecule has 32 heavy (non-hydrogen) atoms. The van der Waals surface area contributed by atoms with E-state index in [-0.39, 0.29) is 23.6 Å². The molecule has 2 aromatic rings. The van der Waals surface area contributed by atoms with Crippen molar-refractivity contribution in [1.82, 2.24) is 25.3 Å². The number of amides is 1. The smallest absolute Gasteiger partial charge is 0.271 e. The molecule has 5 rings (SSSR count). The van der Waals surface area contributed by atoms with E-state index in [4.69, 9.17) is 0 Å². The highest BCUT2D eigenvalue weighted by Gasteiger charge is 2.30. The number of rotatable bonds is 6. The van der Waals surface area contributed by atoms with Crippen LogP contribution in [0.25, 0.3) is 0 Å². The average molecular weight is 441 g/mol. The van der Waals surface area contributed by atoms with Gasteiger partial charge >= 0.3 is 0 Å². The van der Waals surface area contributed by atoms with Crippen molar-refractivity contribution >= 4 is 11.7 Å². The number of aliphatic hydroxyl groups excluding tert-OH is 1. The van der Waals surface area contributed by atoms with Crippen molar-refractivity contribution in [3.8, 4) is 0 Å². The molecule has 3 atom stereocenters. The molecule has 0 radical (unpaired) electrons. The first kappa shape index (κ1) is 21.2. The zero-order chi connectivity index (χ0) is 22.1. The lowest BCUT2D eigenvalue weighted by Crippen LogP contribution is -2.48. The summed E-state index contributed by atoms with van der Waals surface area (Å²) in [5.74, 6) is 1.10. The van der Waals surface area contributed by atoms with Gasteiger partial charge in [-0.1, -0.05) is 12.8 Å². The Labute approximate surface area is 187 Å². The van der Waals surface area contributed by atoms with Crippen molar-refractivity contribution < 1.29 is 9.90 Å². The Bertz CT molecular complexity index is 1010. The predicted molar refractivity (Wildman–Crippen MR) is 120 cm³/mol. The van der Waals surface area contributed by atoms with Gasteiger partial charge in [0.2, 0.25) is 0 Å². The maximum Gasteiger partial charge on any atom is 0.271 e. The lowest BCUT2D eigenvalue weighted by atomic mass is 9.93. The highest BCUT2D eigenvalue weighted by atomic mass is 16.3. The van der Waals surface area contributed by atoms with E-state index in [1.54, 1.807) is 12.1 Å². The number of hydrogen-bond acceptors (Lipinski definition) is 6. The number of anilines is 1. The molecule has 0 spiro atoms. The number of aromatic amines is 1. The van der Waals surface area contributed by atoms with Gasteiger partial charge in [-0.15, -0.1) is 0 Å². The second-order valence-corrected chi connectivity index (χ2v) is 9.43. The summed E-state index contributed by atoms with van der Waals surface area (Å²) in [7, 11) is 0. The molecule has 2 aromatic heterocycles. The Hall–Kier alpha value is -2.68. The lowest BCUT2D eigenvalue weighted by Gasteiger charge is -2.37. The van der Waals surface area contributed by atoms with Crippen molar-refractivity contribution in [3.05, 3.63) is 39.9 Å². The number of carbonyl (C=O) groups excluding carboxylic acids is 1. The van der Waals surface area contributed by atoms with Gasteiger partial charge < -0.3 is 15.3 Å². The Morgan fingerprint density at radius 3 is 2.75 bits per heavy atom. The van der Waals surface area contributed by atoms with Gasteiger partial charge in [-0.25, -0.2) is 4.68 Å². The summed E-state index contributed by atoms with van der Waals surface area (Å²) < 4.78 is 1.48. The van der Waals surface area contributed by atoms with Gasteiger partial charge in [0.1, 0.15) is 11.5 Å². The molecule has 1 saturated heterocycles. The van der Waals surface area contributed by atoms with E-state index in [0.29, 0.717) is 24.6 Å². The number of nitrogens with one attached hydrogen (secondary N) is 2. The third kappa shape index (κ3) is 4.44. The first-order chi connectivity index (χ1) is 15.6. The largest absolute Gasteiger partial charge is 0.391 e. The van der Waals surface area contributed by atoms with Crippen molar-refractivity contribution in [3.63, 3.8) is 0 Å². The molecular weight excluding hydrogens is 408 g/mol. The lowest BCUT2D eigenvalue weighted by molar-refractivity contribution is 0.0669. The van der Waals surface area contributed by atoms with Crippen LogP contribution in [-0.4, -0.2) is 56.2 Å². The van der Waals surface area contributed by atoms with Crippen LogP contribution in [0, 0.1) is 0 Å². The molecule has 2 aliphatic carbocycles. The summed E-state index contributed by atoms with van der Waals surface area (Å²) in [6, 6.07) is 5.02. The van der Waals surface area contributed by atoms with Crippen LogP contribution in [0.15, 0.2) is 23.0 Å². The zero-order valence-electron chi connectivity index (χ0n) is 18.4. The summed E-state index contributed by atoms with van der Waals surface area (Å²) >= 11 is 0. The van der Waals surface area contributed by atoms with Crippen LogP contribution in [0.4, 0.5) is 5.82 Å². The molecule has 0 bridgehead atoms. The Morgan fingerprint density at radius 1 is 1.12 bits per heavy atom. The molecule has 3 N–H and O–H groups in total. The van der Waals surface area contributed by atoms with Gasteiger partial charge in [0, 0.05) is 36.8 Å². The average Bonchev–Trinajstić information content (AvgIpc) is 3.55. The minimum absolute atomic E-state index is 0.101.